The third kappa shape index (κ3) is 4.60. The van der Waals surface area contributed by atoms with Crippen molar-refractivity contribution < 1.29 is 19.0 Å². The molecule has 0 radical (unpaired) electrons. The largest absolute Gasteiger partial charge is 0.497 e. The number of aromatic nitrogens is 2. The molecule has 0 N–H and O–H groups in total. The molecular weight excluding hydrogens is 444 g/mol. The van der Waals surface area contributed by atoms with Gasteiger partial charge < -0.3 is 24.0 Å². The second-order valence-electron chi connectivity index (χ2n) is 8.84. The molecule has 1 aromatic heterocycles. The van der Waals surface area contributed by atoms with Crippen LogP contribution in [-0.2, 0) is 6.42 Å². The number of nitrogens with zero attached hydrogens (tertiary/aromatic N) is 4. The van der Waals surface area contributed by atoms with Crippen LogP contribution >= 0.6 is 0 Å². The van der Waals surface area contributed by atoms with E-state index in [0.717, 1.165) is 54.7 Å². The molecule has 2 heterocycles. The molecule has 1 saturated heterocycles. The van der Waals surface area contributed by atoms with Crippen molar-refractivity contribution >= 4 is 17.4 Å². The molecule has 8 heteroatoms. The quantitative estimate of drug-likeness (QED) is 0.535. The van der Waals surface area contributed by atoms with Gasteiger partial charge in [0.1, 0.15) is 17.2 Å². The number of benzene rings is 2. The van der Waals surface area contributed by atoms with Crippen LogP contribution < -0.4 is 24.0 Å². The van der Waals surface area contributed by atoms with Crippen LogP contribution in [0.5, 0.6) is 17.2 Å². The van der Waals surface area contributed by atoms with Crippen molar-refractivity contribution in [3.63, 3.8) is 0 Å². The number of Topliss-reactive ketones (excluding diaryl/α,β-unsaturated/α-hetero) is 1. The van der Waals surface area contributed by atoms with Crippen LogP contribution in [-0.4, -0.2) is 63.3 Å². The first-order valence-corrected chi connectivity index (χ1v) is 11.8. The summed E-state index contributed by atoms with van der Waals surface area (Å²) in [6.07, 6.45) is 2.79. The Balaban J connectivity index is 1.31. The molecule has 5 rings (SSSR count). The first-order valence-electron chi connectivity index (χ1n) is 11.8. The number of fused-ring (bicyclic) bond motifs is 1. The zero-order valence-electron chi connectivity index (χ0n) is 20.4. The lowest BCUT2D eigenvalue weighted by Crippen LogP contribution is -2.47. The zero-order valence-corrected chi connectivity index (χ0v) is 20.4. The highest BCUT2D eigenvalue weighted by molar-refractivity contribution is 5.98. The monoisotopic (exact) mass is 474 g/mol. The van der Waals surface area contributed by atoms with E-state index >= 15 is 0 Å². The molecule has 2 aromatic carbocycles. The highest BCUT2D eigenvalue weighted by Gasteiger charge is 2.31. The summed E-state index contributed by atoms with van der Waals surface area (Å²) in [5.41, 5.74) is 3.63. The molecule has 182 valence electrons. The Morgan fingerprint density at radius 2 is 1.51 bits per heavy atom. The Morgan fingerprint density at radius 1 is 0.829 bits per heavy atom. The Labute approximate surface area is 205 Å². The van der Waals surface area contributed by atoms with Crippen LogP contribution in [0.25, 0.3) is 0 Å². The maximum atomic E-state index is 13.0. The molecule has 35 heavy (non-hydrogen) atoms. The Bertz CT molecular complexity index is 1210. The van der Waals surface area contributed by atoms with Gasteiger partial charge in [-0.3, -0.25) is 4.79 Å². The lowest BCUT2D eigenvalue weighted by atomic mass is 9.82. The Hall–Kier alpha value is -3.81. The lowest BCUT2D eigenvalue weighted by molar-refractivity contribution is 0.0962. The van der Waals surface area contributed by atoms with Gasteiger partial charge >= 0.3 is 0 Å². The third-order valence-corrected chi connectivity index (χ3v) is 6.91. The van der Waals surface area contributed by atoms with Gasteiger partial charge in [-0.15, -0.1) is 0 Å². The van der Waals surface area contributed by atoms with E-state index in [9.17, 15) is 4.79 Å². The molecule has 3 aromatic rings. The summed E-state index contributed by atoms with van der Waals surface area (Å²) in [6.45, 7) is 3.37. The minimum atomic E-state index is 0.00512. The van der Waals surface area contributed by atoms with E-state index in [4.69, 9.17) is 19.2 Å². The Kier molecular flexibility index (Phi) is 6.44. The van der Waals surface area contributed by atoms with Crippen molar-refractivity contribution in [3.05, 3.63) is 65.5 Å². The van der Waals surface area contributed by atoms with E-state index in [2.05, 4.69) is 26.9 Å². The number of carbonyl (C=O) groups excluding carboxylic acids is 1. The first kappa shape index (κ1) is 23.0. The van der Waals surface area contributed by atoms with Gasteiger partial charge in [-0.25, -0.2) is 9.97 Å². The fourth-order valence-corrected chi connectivity index (χ4v) is 4.92. The maximum Gasteiger partial charge on any atom is 0.225 e. The predicted molar refractivity (Wildman–Crippen MR) is 134 cm³/mol. The molecule has 1 atom stereocenters. The summed E-state index contributed by atoms with van der Waals surface area (Å²) < 4.78 is 16.2. The molecule has 1 fully saturated rings. The smallest absolute Gasteiger partial charge is 0.225 e. The molecule has 0 saturated carbocycles. The van der Waals surface area contributed by atoms with E-state index in [1.807, 2.05) is 30.3 Å². The van der Waals surface area contributed by atoms with Gasteiger partial charge in [0.15, 0.2) is 5.78 Å². The number of ketones is 1. The average molecular weight is 475 g/mol. The van der Waals surface area contributed by atoms with Crippen LogP contribution in [0.2, 0.25) is 0 Å². The van der Waals surface area contributed by atoms with E-state index in [1.54, 1.807) is 27.5 Å². The van der Waals surface area contributed by atoms with Gasteiger partial charge in [0.2, 0.25) is 5.95 Å². The van der Waals surface area contributed by atoms with Crippen molar-refractivity contribution in [2.45, 2.75) is 18.8 Å². The van der Waals surface area contributed by atoms with E-state index < -0.39 is 0 Å². The van der Waals surface area contributed by atoms with Gasteiger partial charge in [0, 0.05) is 56.5 Å². The highest BCUT2D eigenvalue weighted by Crippen LogP contribution is 2.38. The number of ether oxygens (including phenoxy) is 3. The maximum absolute atomic E-state index is 13.0. The fourth-order valence-electron chi connectivity index (χ4n) is 4.92. The van der Waals surface area contributed by atoms with Crippen molar-refractivity contribution in [1.29, 1.82) is 0 Å². The third-order valence-electron chi connectivity index (χ3n) is 6.91. The summed E-state index contributed by atoms with van der Waals surface area (Å²) in [5, 5.41) is 0. The van der Waals surface area contributed by atoms with Gasteiger partial charge in [-0.1, -0.05) is 6.07 Å². The van der Waals surface area contributed by atoms with Crippen LogP contribution in [0.1, 0.15) is 34.0 Å². The predicted octanol–water partition coefficient (Wildman–Crippen LogP) is 3.74. The van der Waals surface area contributed by atoms with Gasteiger partial charge in [0.25, 0.3) is 0 Å². The van der Waals surface area contributed by atoms with E-state index in [-0.39, 0.29) is 11.7 Å². The molecule has 0 amide bonds. The lowest BCUT2D eigenvalue weighted by Gasteiger charge is -2.36. The molecule has 0 unspecified atom stereocenters. The summed E-state index contributed by atoms with van der Waals surface area (Å²) in [4.78, 5) is 26.9. The van der Waals surface area contributed by atoms with Gasteiger partial charge in [-0.2, -0.15) is 0 Å². The van der Waals surface area contributed by atoms with Gasteiger partial charge in [0.05, 0.1) is 32.6 Å². The van der Waals surface area contributed by atoms with Crippen molar-refractivity contribution in [3.8, 4) is 17.2 Å². The summed E-state index contributed by atoms with van der Waals surface area (Å²) in [6, 6.07) is 13.9. The average Bonchev–Trinajstić information content (AvgIpc) is 2.92. The second kappa shape index (κ2) is 9.82. The van der Waals surface area contributed by atoms with Crippen molar-refractivity contribution in [1.82, 2.24) is 9.97 Å². The first-order chi connectivity index (χ1) is 17.1. The molecule has 1 aliphatic carbocycles. The zero-order chi connectivity index (χ0) is 24.4. The van der Waals surface area contributed by atoms with Crippen LogP contribution in [0, 0.1) is 0 Å². The molecular formula is C27H30N4O4. The Morgan fingerprint density at radius 3 is 2.20 bits per heavy atom. The molecule has 2 aliphatic rings. The van der Waals surface area contributed by atoms with E-state index in [1.165, 1.54) is 5.69 Å². The number of methoxy groups -OCH3 is 3. The number of rotatable bonds is 6. The number of hydrogen-bond acceptors (Lipinski definition) is 8. The molecule has 0 bridgehead atoms. The molecule has 8 nitrogen and oxygen atoms in total. The standard InChI is InChI=1S/C27H30N4O4/c1-33-20-6-4-19(5-7-20)30-10-12-31(13-11-30)27-28-17-23-24(29-27)14-18(15-25(23)32)22-9-8-21(34-2)16-26(22)35-3/h4-9,16-18H,10-15H2,1-3H3/t18-/m0/s1. The van der Waals surface area contributed by atoms with Crippen molar-refractivity contribution in [2.24, 2.45) is 0 Å². The van der Waals surface area contributed by atoms with Crippen molar-refractivity contribution in [2.75, 3.05) is 57.3 Å². The molecule has 0 spiro atoms. The highest BCUT2D eigenvalue weighted by atomic mass is 16.5. The number of piperazine rings is 1. The summed E-state index contributed by atoms with van der Waals surface area (Å²) in [5.74, 6) is 3.08. The minimum absolute atomic E-state index is 0.00512. The number of anilines is 2. The summed E-state index contributed by atoms with van der Waals surface area (Å²) in [7, 11) is 4.95. The van der Waals surface area contributed by atoms with Gasteiger partial charge in [-0.05, 0) is 42.3 Å². The normalized spacial score (nSPS) is 17.7. The summed E-state index contributed by atoms with van der Waals surface area (Å²) >= 11 is 0. The van der Waals surface area contributed by atoms with Crippen LogP contribution in [0.15, 0.2) is 48.7 Å². The molecule has 1 aliphatic heterocycles. The van der Waals surface area contributed by atoms with E-state index in [0.29, 0.717) is 24.4 Å². The topological polar surface area (TPSA) is 77.0 Å². The van der Waals surface area contributed by atoms with Crippen LogP contribution in [0.4, 0.5) is 11.6 Å². The minimum Gasteiger partial charge on any atom is -0.497 e. The number of hydrogen-bond donors (Lipinski definition) is 0. The number of carbonyl (C=O) groups is 1. The fraction of sp³-hybridized carbons (Fsp3) is 0.370. The van der Waals surface area contributed by atoms with Crippen LogP contribution in [0.3, 0.4) is 0 Å². The SMILES string of the molecule is COc1ccc(N2CCN(c3ncc4c(n3)C[C@H](c3ccc(OC)cc3OC)CC4=O)CC2)cc1. The second-order valence-corrected chi connectivity index (χ2v) is 8.84.